The number of nitrogens with one attached hydrogen (secondary N) is 1. The van der Waals surface area contributed by atoms with Gasteiger partial charge in [-0.2, -0.15) is 0 Å². The van der Waals surface area contributed by atoms with Crippen LogP contribution in [0.5, 0.6) is 0 Å². The van der Waals surface area contributed by atoms with E-state index in [2.05, 4.69) is 19.2 Å². The third-order valence-electron chi connectivity index (χ3n) is 3.53. The van der Waals surface area contributed by atoms with Gasteiger partial charge < -0.3 is 10.1 Å². The topological polar surface area (TPSA) is 21.3 Å². The van der Waals surface area contributed by atoms with Gasteiger partial charge in [0.25, 0.3) is 0 Å². The van der Waals surface area contributed by atoms with E-state index in [1.165, 1.54) is 25.7 Å². The maximum atomic E-state index is 5.79. The van der Waals surface area contributed by atoms with E-state index >= 15 is 0 Å². The molecule has 2 rings (SSSR count). The Kier molecular flexibility index (Phi) is 2.89. The fourth-order valence-corrected chi connectivity index (χ4v) is 2.35. The first-order chi connectivity index (χ1) is 6.29. The van der Waals surface area contributed by atoms with Crippen molar-refractivity contribution in [3.05, 3.63) is 0 Å². The van der Waals surface area contributed by atoms with Crippen molar-refractivity contribution in [2.75, 3.05) is 6.54 Å². The lowest BCUT2D eigenvalue weighted by molar-refractivity contribution is 0.0970. The van der Waals surface area contributed by atoms with Crippen molar-refractivity contribution in [2.45, 2.75) is 57.8 Å². The second kappa shape index (κ2) is 3.97. The van der Waals surface area contributed by atoms with Gasteiger partial charge in [-0.1, -0.05) is 20.3 Å². The van der Waals surface area contributed by atoms with Gasteiger partial charge in [0.1, 0.15) is 0 Å². The number of hydrogen-bond acceptors (Lipinski definition) is 2. The molecule has 2 saturated heterocycles. The molecule has 13 heavy (non-hydrogen) atoms. The summed E-state index contributed by atoms with van der Waals surface area (Å²) in [6.07, 6.45) is 6.22. The van der Waals surface area contributed by atoms with E-state index in [0.29, 0.717) is 18.2 Å². The van der Waals surface area contributed by atoms with Gasteiger partial charge in [0, 0.05) is 6.04 Å². The van der Waals surface area contributed by atoms with Gasteiger partial charge in [-0.15, -0.1) is 0 Å². The van der Waals surface area contributed by atoms with Crippen LogP contribution in [0.3, 0.4) is 0 Å². The molecule has 76 valence electrons. The van der Waals surface area contributed by atoms with Crippen molar-refractivity contribution in [1.82, 2.24) is 5.32 Å². The smallest absolute Gasteiger partial charge is 0.0733 e. The summed E-state index contributed by atoms with van der Waals surface area (Å²) in [5.74, 6) is 0.805. The van der Waals surface area contributed by atoms with E-state index in [-0.39, 0.29) is 0 Å². The summed E-state index contributed by atoms with van der Waals surface area (Å²) < 4.78 is 5.79. The molecule has 2 aliphatic heterocycles. The molecule has 0 amide bonds. The van der Waals surface area contributed by atoms with Crippen LogP contribution in [0.15, 0.2) is 0 Å². The van der Waals surface area contributed by atoms with Crippen molar-refractivity contribution in [3.8, 4) is 0 Å². The summed E-state index contributed by atoms with van der Waals surface area (Å²) in [4.78, 5) is 0. The Balaban J connectivity index is 1.71. The van der Waals surface area contributed by atoms with Crippen molar-refractivity contribution in [3.63, 3.8) is 0 Å². The van der Waals surface area contributed by atoms with E-state index in [9.17, 15) is 0 Å². The SMILES string of the molecule is CCC(C)CNC1CC2CCC1O2. The van der Waals surface area contributed by atoms with Crippen LogP contribution in [0.1, 0.15) is 39.5 Å². The molecule has 0 radical (unpaired) electrons. The summed E-state index contributed by atoms with van der Waals surface area (Å²) in [7, 11) is 0. The summed E-state index contributed by atoms with van der Waals surface area (Å²) in [5.41, 5.74) is 0. The van der Waals surface area contributed by atoms with E-state index < -0.39 is 0 Å². The minimum absolute atomic E-state index is 0.536. The molecule has 4 unspecified atom stereocenters. The first kappa shape index (κ1) is 9.47. The minimum Gasteiger partial charge on any atom is -0.373 e. The van der Waals surface area contributed by atoms with E-state index in [1.807, 2.05) is 0 Å². The Labute approximate surface area is 81.0 Å². The van der Waals surface area contributed by atoms with Crippen LogP contribution in [0.2, 0.25) is 0 Å². The van der Waals surface area contributed by atoms with Crippen LogP contribution in [-0.4, -0.2) is 24.8 Å². The Hall–Kier alpha value is -0.0800. The highest BCUT2D eigenvalue weighted by Gasteiger charge is 2.40. The fraction of sp³-hybridized carbons (Fsp3) is 1.00. The van der Waals surface area contributed by atoms with Gasteiger partial charge in [0.15, 0.2) is 0 Å². The highest BCUT2D eigenvalue weighted by atomic mass is 16.5. The Morgan fingerprint density at radius 2 is 2.31 bits per heavy atom. The Morgan fingerprint density at radius 1 is 1.46 bits per heavy atom. The van der Waals surface area contributed by atoms with Crippen molar-refractivity contribution >= 4 is 0 Å². The van der Waals surface area contributed by atoms with Crippen LogP contribution in [0, 0.1) is 5.92 Å². The third kappa shape index (κ3) is 2.05. The van der Waals surface area contributed by atoms with Crippen LogP contribution >= 0.6 is 0 Å². The summed E-state index contributed by atoms with van der Waals surface area (Å²) in [6, 6.07) is 0.660. The van der Waals surface area contributed by atoms with Crippen LogP contribution in [0.25, 0.3) is 0 Å². The third-order valence-corrected chi connectivity index (χ3v) is 3.53. The number of ether oxygens (including phenoxy) is 1. The molecule has 2 nitrogen and oxygen atoms in total. The van der Waals surface area contributed by atoms with Gasteiger partial charge in [0.2, 0.25) is 0 Å². The molecule has 2 aliphatic rings. The van der Waals surface area contributed by atoms with Gasteiger partial charge in [-0.05, 0) is 31.7 Å². The molecular weight excluding hydrogens is 162 g/mol. The average molecular weight is 183 g/mol. The maximum absolute atomic E-state index is 5.79. The lowest BCUT2D eigenvalue weighted by Gasteiger charge is -2.21. The van der Waals surface area contributed by atoms with Gasteiger partial charge in [0.05, 0.1) is 12.2 Å². The number of hydrogen-bond donors (Lipinski definition) is 1. The number of rotatable bonds is 4. The van der Waals surface area contributed by atoms with E-state index in [0.717, 1.165) is 12.5 Å². The monoisotopic (exact) mass is 183 g/mol. The number of fused-ring (bicyclic) bond motifs is 2. The predicted molar refractivity (Wildman–Crippen MR) is 53.8 cm³/mol. The molecule has 1 N–H and O–H groups in total. The molecule has 2 heteroatoms. The van der Waals surface area contributed by atoms with Crippen LogP contribution < -0.4 is 5.32 Å². The molecule has 0 aromatic rings. The second-order valence-electron chi connectivity index (χ2n) is 4.64. The summed E-state index contributed by atoms with van der Waals surface area (Å²) in [5, 5.41) is 3.64. The molecule has 2 heterocycles. The van der Waals surface area contributed by atoms with Gasteiger partial charge in [-0.25, -0.2) is 0 Å². The quantitative estimate of drug-likeness (QED) is 0.719. The Morgan fingerprint density at radius 3 is 2.85 bits per heavy atom. The van der Waals surface area contributed by atoms with Crippen LogP contribution in [-0.2, 0) is 4.74 Å². The van der Waals surface area contributed by atoms with E-state index in [4.69, 9.17) is 4.74 Å². The van der Waals surface area contributed by atoms with E-state index in [1.54, 1.807) is 0 Å². The minimum atomic E-state index is 0.536. The normalized spacial score (nSPS) is 39.7. The first-order valence-corrected chi connectivity index (χ1v) is 5.68. The molecule has 0 aromatic carbocycles. The average Bonchev–Trinajstić information content (AvgIpc) is 2.74. The molecule has 0 spiro atoms. The molecule has 0 saturated carbocycles. The largest absolute Gasteiger partial charge is 0.373 e. The van der Waals surface area contributed by atoms with Gasteiger partial charge in [-0.3, -0.25) is 0 Å². The molecule has 0 aliphatic carbocycles. The van der Waals surface area contributed by atoms with Crippen molar-refractivity contribution in [1.29, 1.82) is 0 Å². The highest BCUT2D eigenvalue weighted by molar-refractivity contribution is 4.93. The zero-order valence-corrected chi connectivity index (χ0v) is 8.75. The lowest BCUT2D eigenvalue weighted by Crippen LogP contribution is -2.39. The zero-order chi connectivity index (χ0) is 9.26. The summed E-state index contributed by atoms with van der Waals surface area (Å²) in [6.45, 7) is 5.72. The molecular formula is C11H21NO. The van der Waals surface area contributed by atoms with Crippen molar-refractivity contribution in [2.24, 2.45) is 5.92 Å². The molecule has 0 aromatic heterocycles. The molecule has 2 fully saturated rings. The highest BCUT2D eigenvalue weighted by Crippen LogP contribution is 2.34. The first-order valence-electron chi connectivity index (χ1n) is 5.68. The fourth-order valence-electron chi connectivity index (χ4n) is 2.35. The maximum Gasteiger partial charge on any atom is 0.0733 e. The zero-order valence-electron chi connectivity index (χ0n) is 8.75. The molecule has 4 atom stereocenters. The molecule has 2 bridgehead atoms. The van der Waals surface area contributed by atoms with Crippen LogP contribution in [0.4, 0.5) is 0 Å². The van der Waals surface area contributed by atoms with Crippen molar-refractivity contribution < 1.29 is 4.74 Å². The van der Waals surface area contributed by atoms with Gasteiger partial charge >= 0.3 is 0 Å². The standard InChI is InChI=1S/C11H21NO/c1-3-8(2)7-12-10-6-9-4-5-11(10)13-9/h8-12H,3-7H2,1-2H3. The lowest BCUT2D eigenvalue weighted by atomic mass is 9.95. The Bertz CT molecular complexity index is 171. The second-order valence-corrected chi connectivity index (χ2v) is 4.64. The predicted octanol–water partition coefficient (Wildman–Crippen LogP) is 1.94. The summed E-state index contributed by atoms with van der Waals surface area (Å²) >= 11 is 0.